The maximum Gasteiger partial charge on any atom is 0.257 e. The molecule has 1 aromatic carbocycles. The summed E-state index contributed by atoms with van der Waals surface area (Å²) in [7, 11) is -3.20. The lowest BCUT2D eigenvalue weighted by Crippen LogP contribution is -2.40. The Hall–Kier alpha value is -2.90. The number of ether oxygens (including phenoxy) is 1. The van der Waals surface area contributed by atoms with Gasteiger partial charge in [0, 0.05) is 37.6 Å². The third-order valence-corrected chi connectivity index (χ3v) is 9.80. The summed E-state index contributed by atoms with van der Waals surface area (Å²) in [5, 5.41) is 3.43. The Balaban J connectivity index is 1.36. The van der Waals surface area contributed by atoms with E-state index in [4.69, 9.17) is 4.74 Å². The Morgan fingerprint density at radius 1 is 1.14 bits per heavy atom. The van der Waals surface area contributed by atoms with Gasteiger partial charge in [-0.25, -0.2) is 31.9 Å². The van der Waals surface area contributed by atoms with Gasteiger partial charge in [-0.2, -0.15) is 0 Å². The van der Waals surface area contributed by atoms with Gasteiger partial charge < -0.3 is 19.9 Å². The van der Waals surface area contributed by atoms with Gasteiger partial charge in [0.1, 0.15) is 24.1 Å². The summed E-state index contributed by atoms with van der Waals surface area (Å²) in [5.74, 6) is 0.186. The molecule has 43 heavy (non-hydrogen) atoms. The predicted octanol–water partition coefficient (Wildman–Crippen LogP) is 4.14. The number of carbonyl (C=O) groups is 1. The summed E-state index contributed by atoms with van der Waals surface area (Å²) in [6, 6.07) is 3.71. The van der Waals surface area contributed by atoms with Gasteiger partial charge in [0.2, 0.25) is 10.0 Å². The van der Waals surface area contributed by atoms with E-state index in [-0.39, 0.29) is 53.3 Å². The van der Waals surface area contributed by atoms with Crippen LogP contribution in [0, 0.1) is 17.7 Å². The van der Waals surface area contributed by atoms with Crippen molar-refractivity contribution < 1.29 is 26.7 Å². The van der Waals surface area contributed by atoms with E-state index in [2.05, 4.69) is 20.0 Å². The minimum absolute atomic E-state index is 0.00557. The number of anilines is 1. The molecule has 1 aliphatic carbocycles. The molecule has 2 N–H and O–H groups in total. The SMILES string of the molecule is CCN(C(=O)c1cc(F)ccc1Oc1cncnc1N1C[C@H](CNCC2CCC(NS(=O)(=O)CC)CC2)[C@H](F)C1)C(C)C. The number of carbonyl (C=O) groups excluding carboxylic acids is 1. The van der Waals surface area contributed by atoms with Gasteiger partial charge in [0.25, 0.3) is 5.91 Å². The molecule has 2 fully saturated rings. The van der Waals surface area contributed by atoms with Gasteiger partial charge in [-0.15, -0.1) is 0 Å². The first-order valence-electron chi connectivity index (χ1n) is 15.2. The van der Waals surface area contributed by atoms with Crippen molar-refractivity contribution in [3.05, 3.63) is 42.1 Å². The second-order valence-electron chi connectivity index (χ2n) is 11.7. The normalized spacial score (nSPS) is 22.6. The zero-order valence-corrected chi connectivity index (χ0v) is 26.2. The first kappa shape index (κ1) is 33.0. The summed E-state index contributed by atoms with van der Waals surface area (Å²) in [4.78, 5) is 25.1. The highest BCUT2D eigenvalue weighted by Crippen LogP contribution is 2.35. The molecule has 0 bridgehead atoms. The molecule has 2 aliphatic rings. The fourth-order valence-electron chi connectivity index (χ4n) is 5.89. The number of nitrogens with one attached hydrogen (secondary N) is 2. The van der Waals surface area contributed by atoms with Crippen molar-refractivity contribution in [1.29, 1.82) is 0 Å². The standard InChI is InChI=1S/C30H44F2N6O4S/c1-5-38(20(3)4)30(39)25-13-23(31)9-12-27(25)42-28-16-34-19-35-29(28)37-17-22(26(32)18-37)15-33-14-21-7-10-24(11-8-21)36-43(40,41)6-2/h9,12-13,16,19-22,24,26,33,36H,5-8,10-11,14-15,17-18H2,1-4H3/t21?,22-,24?,26+/m0/s1. The highest BCUT2D eigenvalue weighted by atomic mass is 32.2. The number of rotatable bonds is 13. The van der Waals surface area contributed by atoms with Gasteiger partial charge in [-0.3, -0.25) is 4.79 Å². The van der Waals surface area contributed by atoms with E-state index in [0.29, 0.717) is 31.4 Å². The van der Waals surface area contributed by atoms with Crippen LogP contribution in [0.15, 0.2) is 30.7 Å². The highest BCUT2D eigenvalue weighted by Gasteiger charge is 2.35. The van der Waals surface area contributed by atoms with Crippen LogP contribution in [0.2, 0.25) is 0 Å². The minimum Gasteiger partial charge on any atom is -0.451 e. The van der Waals surface area contributed by atoms with E-state index in [1.54, 1.807) is 11.8 Å². The molecule has 1 saturated carbocycles. The van der Waals surface area contributed by atoms with Crippen LogP contribution >= 0.6 is 0 Å². The van der Waals surface area contributed by atoms with Crippen LogP contribution < -0.4 is 19.7 Å². The topological polar surface area (TPSA) is 117 Å². The first-order valence-corrected chi connectivity index (χ1v) is 16.8. The Labute approximate surface area is 253 Å². The number of benzene rings is 1. The van der Waals surface area contributed by atoms with Gasteiger partial charge >= 0.3 is 0 Å². The zero-order valence-electron chi connectivity index (χ0n) is 25.4. The molecule has 1 aromatic heterocycles. The zero-order chi connectivity index (χ0) is 31.1. The molecule has 4 rings (SSSR count). The maximum atomic E-state index is 15.2. The van der Waals surface area contributed by atoms with Crippen molar-refractivity contribution in [3.8, 4) is 11.5 Å². The van der Waals surface area contributed by atoms with Crippen LogP contribution in [0.4, 0.5) is 14.6 Å². The molecule has 2 aromatic rings. The lowest BCUT2D eigenvalue weighted by molar-refractivity contribution is 0.0713. The van der Waals surface area contributed by atoms with Gasteiger partial charge in [-0.05, 0) is 84.0 Å². The largest absolute Gasteiger partial charge is 0.451 e. The number of sulfonamides is 1. The molecule has 0 spiro atoms. The average molecular weight is 623 g/mol. The van der Waals surface area contributed by atoms with Crippen LogP contribution in [0.1, 0.15) is 63.7 Å². The molecular weight excluding hydrogens is 578 g/mol. The quantitative estimate of drug-likeness (QED) is 0.343. The molecule has 13 heteroatoms. The number of hydrogen-bond acceptors (Lipinski definition) is 8. The van der Waals surface area contributed by atoms with E-state index >= 15 is 4.39 Å². The molecule has 0 radical (unpaired) electrons. The third kappa shape index (κ3) is 8.60. The maximum absolute atomic E-state index is 15.2. The van der Waals surface area contributed by atoms with Crippen LogP contribution in [-0.2, 0) is 10.0 Å². The van der Waals surface area contributed by atoms with Crippen molar-refractivity contribution in [1.82, 2.24) is 24.9 Å². The monoisotopic (exact) mass is 622 g/mol. The lowest BCUT2D eigenvalue weighted by Gasteiger charge is -2.29. The van der Waals surface area contributed by atoms with Crippen LogP contribution in [-0.4, -0.2) is 85.9 Å². The molecule has 238 valence electrons. The number of amides is 1. The van der Waals surface area contributed by atoms with Crippen molar-refractivity contribution >= 4 is 21.7 Å². The highest BCUT2D eigenvalue weighted by molar-refractivity contribution is 7.89. The van der Waals surface area contributed by atoms with Crippen molar-refractivity contribution in [3.63, 3.8) is 0 Å². The summed E-state index contributed by atoms with van der Waals surface area (Å²) < 4.78 is 62.0. The minimum atomic E-state index is -3.20. The molecule has 2 heterocycles. The van der Waals surface area contributed by atoms with Gasteiger partial charge in [0.05, 0.1) is 24.1 Å². The van der Waals surface area contributed by atoms with Crippen LogP contribution in [0.25, 0.3) is 0 Å². The number of nitrogens with zero attached hydrogens (tertiary/aromatic N) is 4. The second kappa shape index (κ2) is 14.7. The van der Waals surface area contributed by atoms with Crippen LogP contribution in [0.5, 0.6) is 11.5 Å². The summed E-state index contributed by atoms with van der Waals surface area (Å²) in [6.07, 6.45) is 5.20. The molecule has 1 amide bonds. The smallest absolute Gasteiger partial charge is 0.257 e. The number of alkyl halides is 1. The summed E-state index contributed by atoms with van der Waals surface area (Å²) in [5.41, 5.74) is 0.0917. The third-order valence-electron chi connectivity index (χ3n) is 8.35. The van der Waals surface area contributed by atoms with E-state index in [1.165, 1.54) is 24.7 Å². The second-order valence-corrected chi connectivity index (χ2v) is 13.8. The van der Waals surface area contributed by atoms with E-state index < -0.39 is 22.0 Å². The molecular formula is C30H44F2N6O4S. The van der Waals surface area contributed by atoms with Gasteiger partial charge in [0.15, 0.2) is 11.6 Å². The molecule has 1 saturated heterocycles. The molecule has 1 aliphatic heterocycles. The molecule has 10 nitrogen and oxygen atoms in total. The Kier molecular flexibility index (Phi) is 11.3. The van der Waals surface area contributed by atoms with Crippen molar-refractivity contribution in [2.24, 2.45) is 11.8 Å². The Morgan fingerprint density at radius 2 is 1.88 bits per heavy atom. The van der Waals surface area contributed by atoms with Crippen molar-refractivity contribution in [2.75, 3.05) is 43.4 Å². The molecule has 0 unspecified atom stereocenters. The molecule has 2 atom stereocenters. The lowest BCUT2D eigenvalue weighted by atomic mass is 9.86. The van der Waals surface area contributed by atoms with E-state index in [0.717, 1.165) is 38.3 Å². The summed E-state index contributed by atoms with van der Waals surface area (Å²) >= 11 is 0. The van der Waals surface area contributed by atoms with E-state index in [1.807, 2.05) is 25.7 Å². The average Bonchev–Trinajstić information content (AvgIpc) is 3.35. The van der Waals surface area contributed by atoms with Gasteiger partial charge in [-0.1, -0.05) is 0 Å². The Morgan fingerprint density at radius 3 is 2.56 bits per heavy atom. The van der Waals surface area contributed by atoms with E-state index in [9.17, 15) is 17.6 Å². The first-order chi connectivity index (χ1) is 20.5. The van der Waals surface area contributed by atoms with Crippen molar-refractivity contribution in [2.45, 2.75) is 71.6 Å². The predicted molar refractivity (Wildman–Crippen MR) is 162 cm³/mol. The number of halogens is 2. The number of aromatic nitrogens is 2. The number of hydrogen-bond donors (Lipinski definition) is 2. The Bertz CT molecular complexity index is 1340. The fraction of sp³-hybridized carbons (Fsp3) is 0.633. The fourth-order valence-corrected chi connectivity index (χ4v) is 6.80. The summed E-state index contributed by atoms with van der Waals surface area (Å²) in [6.45, 7) is 9.53. The van der Waals surface area contributed by atoms with Crippen LogP contribution in [0.3, 0.4) is 0 Å².